The Bertz CT molecular complexity index is 445. The van der Waals surface area contributed by atoms with E-state index in [9.17, 15) is 9.50 Å². The van der Waals surface area contributed by atoms with Gasteiger partial charge in [0.1, 0.15) is 11.6 Å². The molecule has 1 N–H and O–H groups in total. The van der Waals surface area contributed by atoms with Gasteiger partial charge in [-0.25, -0.2) is 4.39 Å². The summed E-state index contributed by atoms with van der Waals surface area (Å²) in [5.74, 6) is -0.526. The van der Waals surface area contributed by atoms with Crippen molar-refractivity contribution in [3.8, 4) is 17.0 Å². The summed E-state index contributed by atoms with van der Waals surface area (Å²) in [5.41, 5.74) is 0.744. The molecule has 4 heteroatoms. The number of nitrogens with zero attached hydrogens (tertiary/aromatic N) is 2. The molecule has 72 valence electrons. The quantitative estimate of drug-likeness (QED) is 0.749. The molecule has 0 atom stereocenters. The predicted octanol–water partition coefficient (Wildman–Crippen LogP) is 1.93. The van der Waals surface area contributed by atoms with Crippen LogP contribution in [-0.2, 0) is 7.05 Å². The first-order valence-corrected chi connectivity index (χ1v) is 4.16. The molecular weight excluding hydrogens is 183 g/mol. The van der Waals surface area contributed by atoms with Crippen molar-refractivity contribution in [1.82, 2.24) is 9.78 Å². The maximum atomic E-state index is 13.4. The lowest BCUT2D eigenvalue weighted by atomic mass is 10.1. The second kappa shape index (κ2) is 3.14. The van der Waals surface area contributed by atoms with E-state index in [0.29, 0.717) is 5.69 Å². The second-order valence-corrected chi connectivity index (χ2v) is 2.97. The van der Waals surface area contributed by atoms with Crippen LogP contribution in [0.5, 0.6) is 5.75 Å². The van der Waals surface area contributed by atoms with Crippen LogP contribution in [0.25, 0.3) is 11.3 Å². The van der Waals surface area contributed by atoms with Gasteiger partial charge in [0.2, 0.25) is 0 Å². The Labute approximate surface area is 80.4 Å². The lowest BCUT2D eigenvalue weighted by molar-refractivity contribution is 0.471. The fourth-order valence-corrected chi connectivity index (χ4v) is 1.39. The average molecular weight is 192 g/mol. The van der Waals surface area contributed by atoms with Crippen molar-refractivity contribution in [2.45, 2.75) is 0 Å². The zero-order valence-electron chi connectivity index (χ0n) is 7.61. The molecule has 0 aliphatic rings. The highest BCUT2D eigenvalue weighted by Gasteiger charge is 2.12. The number of halogens is 1. The van der Waals surface area contributed by atoms with Gasteiger partial charge < -0.3 is 5.11 Å². The van der Waals surface area contributed by atoms with Gasteiger partial charge in [0.15, 0.2) is 0 Å². The number of phenolic OH excluding ortho intramolecular Hbond substituents is 1. The van der Waals surface area contributed by atoms with Gasteiger partial charge in [0.25, 0.3) is 0 Å². The Balaban J connectivity index is 2.68. The van der Waals surface area contributed by atoms with E-state index in [-0.39, 0.29) is 11.3 Å². The van der Waals surface area contributed by atoms with Crippen LogP contribution in [-0.4, -0.2) is 14.9 Å². The first-order valence-electron chi connectivity index (χ1n) is 4.16. The van der Waals surface area contributed by atoms with Crippen molar-refractivity contribution in [1.29, 1.82) is 0 Å². The van der Waals surface area contributed by atoms with Crippen molar-refractivity contribution in [3.05, 3.63) is 36.3 Å². The van der Waals surface area contributed by atoms with Gasteiger partial charge in [-0.3, -0.25) is 4.68 Å². The Morgan fingerprint density at radius 2 is 2.14 bits per heavy atom. The highest BCUT2D eigenvalue weighted by Crippen LogP contribution is 2.30. The SMILES string of the molecule is Cn1nccc1-c1c(O)cccc1F. The third-order valence-corrected chi connectivity index (χ3v) is 2.07. The van der Waals surface area contributed by atoms with Gasteiger partial charge in [-0.15, -0.1) is 0 Å². The number of hydrogen-bond acceptors (Lipinski definition) is 2. The summed E-state index contributed by atoms with van der Waals surface area (Å²) in [4.78, 5) is 0. The van der Waals surface area contributed by atoms with E-state index in [1.165, 1.54) is 22.9 Å². The lowest BCUT2D eigenvalue weighted by Crippen LogP contribution is -1.95. The van der Waals surface area contributed by atoms with E-state index >= 15 is 0 Å². The number of hydrogen-bond donors (Lipinski definition) is 1. The summed E-state index contributed by atoms with van der Waals surface area (Å²) in [6, 6.07) is 5.87. The van der Waals surface area contributed by atoms with E-state index < -0.39 is 5.82 Å². The molecule has 0 aliphatic heterocycles. The summed E-state index contributed by atoms with van der Waals surface area (Å²) < 4.78 is 14.9. The molecule has 0 fully saturated rings. The van der Waals surface area contributed by atoms with Gasteiger partial charge in [0.05, 0.1) is 11.3 Å². The molecule has 0 radical (unpaired) electrons. The zero-order valence-corrected chi connectivity index (χ0v) is 7.61. The minimum Gasteiger partial charge on any atom is -0.507 e. The van der Waals surface area contributed by atoms with Crippen molar-refractivity contribution in [2.24, 2.45) is 7.05 Å². The van der Waals surface area contributed by atoms with E-state index in [4.69, 9.17) is 0 Å². The summed E-state index contributed by atoms with van der Waals surface area (Å²) in [7, 11) is 1.70. The highest BCUT2D eigenvalue weighted by molar-refractivity contribution is 5.67. The summed E-state index contributed by atoms with van der Waals surface area (Å²) in [6.07, 6.45) is 1.56. The fraction of sp³-hybridized carbons (Fsp3) is 0.100. The van der Waals surface area contributed by atoms with Gasteiger partial charge >= 0.3 is 0 Å². The Hall–Kier alpha value is -1.84. The molecule has 0 unspecified atom stereocenters. The number of aryl methyl sites for hydroxylation is 1. The monoisotopic (exact) mass is 192 g/mol. The lowest BCUT2D eigenvalue weighted by Gasteiger charge is -2.05. The molecule has 2 rings (SSSR count). The van der Waals surface area contributed by atoms with Crippen LogP contribution in [0.3, 0.4) is 0 Å². The molecule has 0 saturated carbocycles. The van der Waals surface area contributed by atoms with Gasteiger partial charge in [-0.2, -0.15) is 5.10 Å². The molecule has 0 spiro atoms. The number of aromatic nitrogens is 2. The predicted molar refractivity (Wildman–Crippen MR) is 50.3 cm³/mol. The summed E-state index contributed by atoms with van der Waals surface area (Å²) >= 11 is 0. The van der Waals surface area contributed by atoms with Crippen molar-refractivity contribution in [2.75, 3.05) is 0 Å². The number of benzene rings is 1. The zero-order chi connectivity index (χ0) is 10.1. The molecule has 2 aromatic rings. The van der Waals surface area contributed by atoms with Crippen LogP contribution in [0.4, 0.5) is 4.39 Å². The molecule has 14 heavy (non-hydrogen) atoms. The number of phenols is 1. The Kier molecular flexibility index (Phi) is 1.96. The first kappa shape index (κ1) is 8.74. The largest absolute Gasteiger partial charge is 0.507 e. The smallest absolute Gasteiger partial charge is 0.136 e. The van der Waals surface area contributed by atoms with Crippen LogP contribution < -0.4 is 0 Å². The highest BCUT2D eigenvalue weighted by atomic mass is 19.1. The molecule has 1 aromatic carbocycles. The third-order valence-electron chi connectivity index (χ3n) is 2.07. The van der Waals surface area contributed by atoms with Crippen LogP contribution in [0.15, 0.2) is 30.5 Å². The van der Waals surface area contributed by atoms with E-state index in [1.54, 1.807) is 19.3 Å². The standard InChI is InChI=1S/C10H9FN2O/c1-13-8(5-6-12-13)10-7(11)3-2-4-9(10)14/h2-6,14H,1H3. The summed E-state index contributed by atoms with van der Waals surface area (Å²) in [6.45, 7) is 0. The molecule has 0 bridgehead atoms. The number of rotatable bonds is 1. The fourth-order valence-electron chi connectivity index (χ4n) is 1.39. The molecule has 0 amide bonds. The minimum absolute atomic E-state index is 0.0754. The van der Waals surface area contributed by atoms with Gasteiger partial charge in [-0.1, -0.05) is 6.07 Å². The third kappa shape index (κ3) is 1.25. The van der Waals surface area contributed by atoms with Crippen LogP contribution in [0.1, 0.15) is 0 Å². The number of aromatic hydroxyl groups is 1. The molecule has 3 nitrogen and oxygen atoms in total. The molecule has 1 heterocycles. The maximum Gasteiger partial charge on any atom is 0.136 e. The van der Waals surface area contributed by atoms with Crippen LogP contribution >= 0.6 is 0 Å². The first-order chi connectivity index (χ1) is 6.70. The normalized spacial score (nSPS) is 10.4. The molecule has 1 aromatic heterocycles. The van der Waals surface area contributed by atoms with Crippen LogP contribution in [0.2, 0.25) is 0 Å². The van der Waals surface area contributed by atoms with E-state index in [1.807, 2.05) is 0 Å². The minimum atomic E-state index is -0.450. The van der Waals surface area contributed by atoms with Crippen molar-refractivity contribution < 1.29 is 9.50 Å². The van der Waals surface area contributed by atoms with Gasteiger partial charge in [0, 0.05) is 13.2 Å². The van der Waals surface area contributed by atoms with Crippen molar-refractivity contribution in [3.63, 3.8) is 0 Å². The van der Waals surface area contributed by atoms with E-state index in [0.717, 1.165) is 0 Å². The van der Waals surface area contributed by atoms with Crippen LogP contribution in [0, 0.1) is 5.82 Å². The Morgan fingerprint density at radius 1 is 1.36 bits per heavy atom. The summed E-state index contributed by atoms with van der Waals surface area (Å²) in [5, 5.41) is 13.4. The maximum absolute atomic E-state index is 13.4. The average Bonchev–Trinajstić information content (AvgIpc) is 2.52. The van der Waals surface area contributed by atoms with Crippen molar-refractivity contribution >= 4 is 0 Å². The topological polar surface area (TPSA) is 38.0 Å². The second-order valence-electron chi connectivity index (χ2n) is 2.97. The van der Waals surface area contributed by atoms with E-state index in [2.05, 4.69) is 5.10 Å². The molecule has 0 aliphatic carbocycles. The van der Waals surface area contributed by atoms with Gasteiger partial charge in [-0.05, 0) is 18.2 Å². The Morgan fingerprint density at radius 3 is 2.71 bits per heavy atom. The molecular formula is C10H9FN2O. The molecule has 0 saturated heterocycles.